The van der Waals surface area contributed by atoms with Gasteiger partial charge in [0.2, 0.25) is 5.13 Å². The summed E-state index contributed by atoms with van der Waals surface area (Å²) in [5.74, 6) is 1.27. The van der Waals surface area contributed by atoms with Crippen LogP contribution in [-0.4, -0.2) is 17.8 Å². The number of hydrogen-bond donors (Lipinski definition) is 2. The fraction of sp³-hybridized carbons (Fsp3) is 0.267. The van der Waals surface area contributed by atoms with Crippen molar-refractivity contribution in [2.45, 2.75) is 19.3 Å². The predicted molar refractivity (Wildman–Crippen MR) is 89.1 cm³/mol. The summed E-state index contributed by atoms with van der Waals surface area (Å²) < 4.78 is 5.64. The molecule has 0 aliphatic rings. The molecular formula is C15H17N5OS. The third-order valence-corrected chi connectivity index (χ3v) is 3.47. The lowest BCUT2D eigenvalue weighted by Gasteiger charge is -2.05. The molecule has 0 aliphatic heterocycles. The minimum atomic E-state index is 0.481. The van der Waals surface area contributed by atoms with Gasteiger partial charge in [-0.25, -0.2) is 4.98 Å². The molecule has 0 radical (unpaired) electrons. The van der Waals surface area contributed by atoms with E-state index in [9.17, 15) is 0 Å². The number of aromatic nitrogens is 1. The van der Waals surface area contributed by atoms with Crippen molar-refractivity contribution >= 4 is 28.5 Å². The third kappa shape index (κ3) is 5.42. The van der Waals surface area contributed by atoms with E-state index in [1.54, 1.807) is 11.6 Å². The minimum Gasteiger partial charge on any atom is -0.494 e. The van der Waals surface area contributed by atoms with Crippen LogP contribution in [0.15, 0.2) is 34.7 Å². The van der Waals surface area contributed by atoms with Gasteiger partial charge in [-0.3, -0.25) is 5.43 Å². The normalized spacial score (nSPS) is 10.5. The molecule has 3 N–H and O–H groups in total. The number of anilines is 2. The Kier molecular flexibility index (Phi) is 6.20. The number of benzene rings is 1. The van der Waals surface area contributed by atoms with Gasteiger partial charge < -0.3 is 10.5 Å². The average Bonchev–Trinajstić information content (AvgIpc) is 2.93. The number of nitrogens with two attached hydrogens (primary N) is 1. The van der Waals surface area contributed by atoms with Gasteiger partial charge in [-0.15, -0.1) is 11.3 Å². The molecule has 0 saturated carbocycles. The van der Waals surface area contributed by atoms with E-state index in [4.69, 9.17) is 15.7 Å². The molecule has 1 heterocycles. The Labute approximate surface area is 133 Å². The Bertz CT molecular complexity index is 662. The highest BCUT2D eigenvalue weighted by Gasteiger charge is 1.97. The summed E-state index contributed by atoms with van der Waals surface area (Å²) in [6.45, 7) is 0.610. The van der Waals surface area contributed by atoms with Gasteiger partial charge in [0.1, 0.15) is 11.6 Å². The number of ether oxygens (including phenoxy) is 1. The average molecular weight is 315 g/mol. The standard InChI is InChI=1S/C15H17N5OS/c16-7-2-1-3-8-21-13-6-4-5-12(9-13)10-18-20-15-19-14(17)11-22-15/h4-6,9-11H,1-3,8,17H2,(H,19,20). The lowest BCUT2D eigenvalue weighted by Crippen LogP contribution is -1.98. The molecule has 0 atom stereocenters. The number of nitrogen functional groups attached to an aromatic ring is 1. The molecule has 6 nitrogen and oxygen atoms in total. The predicted octanol–water partition coefficient (Wildman–Crippen LogP) is 3.24. The molecule has 0 saturated heterocycles. The van der Waals surface area contributed by atoms with Crippen LogP contribution in [0.4, 0.5) is 10.9 Å². The third-order valence-electron chi connectivity index (χ3n) is 2.71. The van der Waals surface area contributed by atoms with Gasteiger partial charge in [0, 0.05) is 11.8 Å². The molecule has 0 amide bonds. The molecule has 1 aromatic heterocycles. The topological polar surface area (TPSA) is 96.3 Å². The van der Waals surface area contributed by atoms with Crippen molar-refractivity contribution in [1.82, 2.24) is 4.98 Å². The highest BCUT2D eigenvalue weighted by Crippen LogP contribution is 2.16. The number of nitriles is 1. The van der Waals surface area contributed by atoms with Crippen LogP contribution in [0.3, 0.4) is 0 Å². The number of nitrogens with zero attached hydrogens (tertiary/aromatic N) is 3. The molecule has 2 rings (SSSR count). The van der Waals surface area contributed by atoms with Gasteiger partial charge in [-0.1, -0.05) is 12.1 Å². The highest BCUT2D eigenvalue weighted by atomic mass is 32.1. The minimum absolute atomic E-state index is 0.481. The summed E-state index contributed by atoms with van der Waals surface area (Å²) in [5, 5.41) is 15.0. The van der Waals surface area contributed by atoms with Crippen molar-refractivity contribution in [1.29, 1.82) is 5.26 Å². The number of rotatable bonds is 8. The van der Waals surface area contributed by atoms with Crippen molar-refractivity contribution in [3.05, 3.63) is 35.2 Å². The Balaban J connectivity index is 1.81. The first-order valence-corrected chi connectivity index (χ1v) is 7.76. The van der Waals surface area contributed by atoms with Crippen LogP contribution in [-0.2, 0) is 0 Å². The van der Waals surface area contributed by atoms with Crippen molar-refractivity contribution < 1.29 is 4.74 Å². The van der Waals surface area contributed by atoms with E-state index in [1.165, 1.54) is 11.3 Å². The Hall–Kier alpha value is -2.59. The molecule has 7 heteroatoms. The van der Waals surface area contributed by atoms with E-state index in [0.29, 0.717) is 24.0 Å². The second kappa shape index (κ2) is 8.64. The number of thiazole rings is 1. The van der Waals surface area contributed by atoms with Gasteiger partial charge >= 0.3 is 0 Å². The van der Waals surface area contributed by atoms with E-state index >= 15 is 0 Å². The zero-order valence-corrected chi connectivity index (χ0v) is 12.8. The molecule has 1 aromatic carbocycles. The van der Waals surface area contributed by atoms with Gasteiger partial charge in [0.15, 0.2) is 0 Å². The summed E-state index contributed by atoms with van der Waals surface area (Å²) >= 11 is 1.40. The molecule has 114 valence electrons. The molecule has 0 bridgehead atoms. The van der Waals surface area contributed by atoms with Crippen LogP contribution < -0.4 is 15.9 Å². The monoisotopic (exact) mass is 315 g/mol. The lowest BCUT2D eigenvalue weighted by molar-refractivity contribution is 0.307. The molecule has 2 aromatic rings. The van der Waals surface area contributed by atoms with E-state index in [2.05, 4.69) is 21.6 Å². The van der Waals surface area contributed by atoms with Gasteiger partial charge in [0.25, 0.3) is 0 Å². The Morgan fingerprint density at radius 1 is 1.45 bits per heavy atom. The molecule has 0 spiro atoms. The van der Waals surface area contributed by atoms with Crippen LogP contribution in [0.5, 0.6) is 5.75 Å². The first-order chi connectivity index (χ1) is 10.8. The fourth-order valence-electron chi connectivity index (χ4n) is 1.68. The number of nitrogens with one attached hydrogen (secondary N) is 1. The first-order valence-electron chi connectivity index (χ1n) is 6.88. The van der Waals surface area contributed by atoms with Crippen molar-refractivity contribution in [3.8, 4) is 11.8 Å². The summed E-state index contributed by atoms with van der Waals surface area (Å²) in [6, 6.07) is 9.77. The van der Waals surface area contributed by atoms with Crippen LogP contribution in [0, 0.1) is 11.3 Å². The smallest absolute Gasteiger partial charge is 0.205 e. The second-order valence-corrected chi connectivity index (χ2v) is 5.34. The number of hydrazone groups is 1. The second-order valence-electron chi connectivity index (χ2n) is 4.48. The summed E-state index contributed by atoms with van der Waals surface area (Å²) in [6.07, 6.45) is 4.00. The molecular weight excluding hydrogens is 298 g/mol. The zero-order valence-electron chi connectivity index (χ0n) is 12.0. The lowest BCUT2D eigenvalue weighted by atomic mass is 10.2. The van der Waals surface area contributed by atoms with Gasteiger partial charge in [0.05, 0.1) is 18.9 Å². The number of hydrogen-bond acceptors (Lipinski definition) is 7. The SMILES string of the molecule is N#CCCCCOc1cccc(C=NNc2nc(N)cs2)c1. The molecule has 0 aliphatic carbocycles. The van der Waals surface area contributed by atoms with E-state index < -0.39 is 0 Å². The Morgan fingerprint density at radius 2 is 2.36 bits per heavy atom. The first kappa shape index (κ1) is 15.8. The van der Waals surface area contributed by atoms with Gasteiger partial charge in [-0.2, -0.15) is 10.4 Å². The summed E-state index contributed by atoms with van der Waals surface area (Å²) in [5.41, 5.74) is 9.28. The van der Waals surface area contributed by atoms with E-state index in [-0.39, 0.29) is 0 Å². The molecule has 0 fully saturated rings. The van der Waals surface area contributed by atoms with Crippen molar-refractivity contribution in [2.75, 3.05) is 17.8 Å². The summed E-state index contributed by atoms with van der Waals surface area (Å²) in [7, 11) is 0. The molecule has 0 unspecified atom stereocenters. The van der Waals surface area contributed by atoms with Gasteiger partial charge in [-0.05, 0) is 30.5 Å². The van der Waals surface area contributed by atoms with Crippen molar-refractivity contribution in [2.24, 2.45) is 5.10 Å². The maximum Gasteiger partial charge on any atom is 0.205 e. The van der Waals surface area contributed by atoms with E-state index in [0.717, 1.165) is 24.2 Å². The van der Waals surface area contributed by atoms with Crippen LogP contribution in [0.2, 0.25) is 0 Å². The van der Waals surface area contributed by atoms with Crippen molar-refractivity contribution in [3.63, 3.8) is 0 Å². The fourth-order valence-corrected chi connectivity index (χ4v) is 2.23. The highest BCUT2D eigenvalue weighted by molar-refractivity contribution is 7.14. The largest absolute Gasteiger partial charge is 0.494 e. The zero-order chi connectivity index (χ0) is 15.6. The Morgan fingerprint density at radius 3 is 3.14 bits per heavy atom. The number of unbranched alkanes of at least 4 members (excludes halogenated alkanes) is 2. The maximum absolute atomic E-state index is 8.46. The van der Waals surface area contributed by atoms with Crippen LogP contribution in [0.1, 0.15) is 24.8 Å². The maximum atomic E-state index is 8.46. The van der Waals surface area contributed by atoms with Crippen LogP contribution in [0.25, 0.3) is 0 Å². The summed E-state index contributed by atoms with van der Waals surface area (Å²) in [4.78, 5) is 4.05. The quantitative estimate of drug-likeness (QED) is 0.443. The van der Waals surface area contributed by atoms with Crippen LogP contribution >= 0.6 is 11.3 Å². The molecule has 22 heavy (non-hydrogen) atoms. The van der Waals surface area contributed by atoms with E-state index in [1.807, 2.05) is 24.3 Å².